The third kappa shape index (κ3) is 3.00. The summed E-state index contributed by atoms with van der Waals surface area (Å²) in [5.41, 5.74) is 1.18. The Morgan fingerprint density at radius 3 is 2.83 bits per heavy atom. The minimum atomic E-state index is 0.893. The first-order valence-electron chi connectivity index (χ1n) is 3.87. The van der Waals surface area contributed by atoms with Crippen LogP contribution in [0.25, 0.3) is 0 Å². The zero-order chi connectivity index (χ0) is 8.97. The van der Waals surface area contributed by atoms with Crippen molar-refractivity contribution in [3.8, 4) is 0 Å². The molecule has 1 aromatic heterocycles. The van der Waals surface area contributed by atoms with Crippen LogP contribution in [0.3, 0.4) is 0 Å². The van der Waals surface area contributed by atoms with Gasteiger partial charge in [-0.15, -0.1) is 16.8 Å². The maximum absolute atomic E-state index is 3.94. The molecule has 3 nitrogen and oxygen atoms in total. The van der Waals surface area contributed by atoms with E-state index in [1.54, 1.807) is 11.3 Å². The maximum Gasteiger partial charge on any atom is 0.205 e. The molecule has 0 aromatic carbocycles. The summed E-state index contributed by atoms with van der Waals surface area (Å²) in [5, 5.41) is 12.9. The second-order valence-corrected chi connectivity index (χ2v) is 3.94. The Bertz CT molecular complexity index is 267. The van der Waals surface area contributed by atoms with E-state index in [0.717, 1.165) is 23.1 Å². The Labute approximate surface area is 76.5 Å². The number of aryl methyl sites for hydroxylation is 1. The molecule has 0 bridgehead atoms. The van der Waals surface area contributed by atoms with E-state index < -0.39 is 0 Å². The molecule has 0 saturated carbocycles. The first kappa shape index (κ1) is 9.19. The highest BCUT2D eigenvalue weighted by Crippen LogP contribution is 2.13. The third-order valence-electron chi connectivity index (χ3n) is 1.35. The van der Waals surface area contributed by atoms with Gasteiger partial charge >= 0.3 is 0 Å². The van der Waals surface area contributed by atoms with E-state index >= 15 is 0 Å². The number of hydrogen-bond donors (Lipinski definition) is 1. The largest absolute Gasteiger partial charge is 0.360 e. The van der Waals surface area contributed by atoms with Crippen molar-refractivity contribution < 1.29 is 0 Å². The van der Waals surface area contributed by atoms with Gasteiger partial charge in [0.2, 0.25) is 5.13 Å². The van der Waals surface area contributed by atoms with E-state index in [1.807, 2.05) is 13.8 Å². The number of anilines is 1. The van der Waals surface area contributed by atoms with Crippen molar-refractivity contribution in [1.82, 2.24) is 10.2 Å². The number of aromatic nitrogens is 2. The number of hydrogen-bond acceptors (Lipinski definition) is 4. The summed E-state index contributed by atoms with van der Waals surface area (Å²) in [4.78, 5) is 0. The van der Waals surface area contributed by atoms with E-state index in [4.69, 9.17) is 0 Å². The highest BCUT2D eigenvalue weighted by molar-refractivity contribution is 7.15. The van der Waals surface area contributed by atoms with Crippen molar-refractivity contribution >= 4 is 16.5 Å². The van der Waals surface area contributed by atoms with Gasteiger partial charge in [-0.25, -0.2) is 0 Å². The van der Waals surface area contributed by atoms with Gasteiger partial charge < -0.3 is 5.32 Å². The van der Waals surface area contributed by atoms with E-state index in [9.17, 15) is 0 Å². The second kappa shape index (κ2) is 4.21. The van der Waals surface area contributed by atoms with Crippen LogP contribution in [0.1, 0.15) is 18.4 Å². The zero-order valence-corrected chi connectivity index (χ0v) is 8.24. The fourth-order valence-corrected chi connectivity index (χ4v) is 1.37. The molecule has 0 fully saturated rings. The van der Waals surface area contributed by atoms with Crippen LogP contribution in [-0.2, 0) is 0 Å². The van der Waals surface area contributed by atoms with Gasteiger partial charge in [0, 0.05) is 6.54 Å². The Morgan fingerprint density at radius 2 is 2.33 bits per heavy atom. The predicted octanol–water partition coefficient (Wildman–Crippen LogP) is 2.22. The summed E-state index contributed by atoms with van der Waals surface area (Å²) in [6.07, 6.45) is 0.985. The molecule has 1 rings (SSSR count). The lowest BCUT2D eigenvalue weighted by molar-refractivity contribution is 0.976. The molecule has 0 saturated heterocycles. The number of nitrogens with one attached hydrogen (secondary N) is 1. The third-order valence-corrected chi connectivity index (χ3v) is 2.15. The molecule has 1 heterocycles. The molecular formula is C8H13N3S. The molecule has 0 radical (unpaired) electrons. The van der Waals surface area contributed by atoms with Crippen molar-refractivity contribution in [1.29, 1.82) is 0 Å². The maximum atomic E-state index is 3.94. The van der Waals surface area contributed by atoms with Crippen molar-refractivity contribution in [2.24, 2.45) is 0 Å². The van der Waals surface area contributed by atoms with Gasteiger partial charge in [0.1, 0.15) is 5.01 Å². The number of rotatable bonds is 4. The molecule has 0 aliphatic rings. The lowest BCUT2D eigenvalue weighted by Crippen LogP contribution is -2.00. The van der Waals surface area contributed by atoms with Crippen molar-refractivity contribution in [3.63, 3.8) is 0 Å². The van der Waals surface area contributed by atoms with Crippen LogP contribution >= 0.6 is 11.3 Å². The summed E-state index contributed by atoms with van der Waals surface area (Å²) >= 11 is 1.58. The molecule has 1 N–H and O–H groups in total. The van der Waals surface area contributed by atoms with E-state index in [2.05, 4.69) is 22.1 Å². The van der Waals surface area contributed by atoms with Crippen LogP contribution in [-0.4, -0.2) is 16.7 Å². The van der Waals surface area contributed by atoms with Crippen LogP contribution in [0.5, 0.6) is 0 Å². The molecule has 0 aliphatic carbocycles. The summed E-state index contributed by atoms with van der Waals surface area (Å²) in [6.45, 7) is 8.68. The molecule has 12 heavy (non-hydrogen) atoms. The molecule has 0 atom stereocenters. The van der Waals surface area contributed by atoms with Crippen LogP contribution in [0.15, 0.2) is 12.2 Å². The van der Waals surface area contributed by atoms with Gasteiger partial charge in [-0.1, -0.05) is 16.9 Å². The van der Waals surface area contributed by atoms with E-state index in [1.165, 1.54) is 5.57 Å². The van der Waals surface area contributed by atoms with Crippen LogP contribution in [0.4, 0.5) is 5.13 Å². The van der Waals surface area contributed by atoms with E-state index in [-0.39, 0.29) is 0 Å². The molecule has 0 amide bonds. The van der Waals surface area contributed by atoms with Gasteiger partial charge in [-0.05, 0) is 20.3 Å². The molecule has 1 aromatic rings. The molecule has 0 aliphatic heterocycles. The van der Waals surface area contributed by atoms with Crippen molar-refractivity contribution in [2.75, 3.05) is 11.9 Å². The van der Waals surface area contributed by atoms with Gasteiger partial charge in [0.25, 0.3) is 0 Å². The molecule has 4 heteroatoms. The average molecular weight is 183 g/mol. The summed E-state index contributed by atoms with van der Waals surface area (Å²) in [5.74, 6) is 0. The highest BCUT2D eigenvalue weighted by atomic mass is 32.1. The second-order valence-electron chi connectivity index (χ2n) is 2.76. The quantitative estimate of drug-likeness (QED) is 0.727. The lowest BCUT2D eigenvalue weighted by atomic mass is 10.2. The number of nitrogens with zero attached hydrogens (tertiary/aromatic N) is 2. The SMILES string of the molecule is C=C(C)CCNc1nnc(C)s1. The fraction of sp³-hybridized carbons (Fsp3) is 0.500. The predicted molar refractivity (Wildman–Crippen MR) is 52.6 cm³/mol. The molecular weight excluding hydrogens is 170 g/mol. The van der Waals surface area contributed by atoms with Crippen molar-refractivity contribution in [3.05, 3.63) is 17.2 Å². The molecule has 0 unspecified atom stereocenters. The topological polar surface area (TPSA) is 37.8 Å². The highest BCUT2D eigenvalue weighted by Gasteiger charge is 1.97. The van der Waals surface area contributed by atoms with Crippen LogP contribution in [0, 0.1) is 6.92 Å². The molecule has 66 valence electrons. The first-order chi connectivity index (χ1) is 5.68. The summed E-state index contributed by atoms with van der Waals surface area (Å²) in [6, 6.07) is 0. The normalized spacial score (nSPS) is 9.83. The Morgan fingerprint density at radius 1 is 1.58 bits per heavy atom. The minimum Gasteiger partial charge on any atom is -0.360 e. The fourth-order valence-electron chi connectivity index (χ4n) is 0.751. The minimum absolute atomic E-state index is 0.893. The molecule has 0 spiro atoms. The lowest BCUT2D eigenvalue weighted by Gasteiger charge is -1.99. The van der Waals surface area contributed by atoms with Gasteiger partial charge in [0.05, 0.1) is 0 Å². The van der Waals surface area contributed by atoms with Gasteiger partial charge in [-0.3, -0.25) is 0 Å². The van der Waals surface area contributed by atoms with E-state index in [0.29, 0.717) is 0 Å². The standard InChI is InChI=1S/C8H13N3S/c1-6(2)4-5-9-8-11-10-7(3)12-8/h1,4-5H2,2-3H3,(H,9,11). The summed E-state index contributed by atoms with van der Waals surface area (Å²) < 4.78 is 0. The van der Waals surface area contributed by atoms with Gasteiger partial charge in [-0.2, -0.15) is 0 Å². The smallest absolute Gasteiger partial charge is 0.205 e. The Hall–Kier alpha value is -0.900. The Balaban J connectivity index is 2.29. The summed E-state index contributed by atoms with van der Waals surface area (Å²) in [7, 11) is 0. The zero-order valence-electron chi connectivity index (χ0n) is 7.42. The Kier molecular flexibility index (Phi) is 3.22. The first-order valence-corrected chi connectivity index (χ1v) is 4.68. The average Bonchev–Trinajstić information content (AvgIpc) is 2.35. The van der Waals surface area contributed by atoms with Crippen LogP contribution in [0.2, 0.25) is 0 Å². The van der Waals surface area contributed by atoms with Crippen molar-refractivity contribution in [2.45, 2.75) is 20.3 Å². The van der Waals surface area contributed by atoms with Gasteiger partial charge in [0.15, 0.2) is 0 Å². The van der Waals surface area contributed by atoms with Crippen LogP contribution < -0.4 is 5.32 Å². The monoisotopic (exact) mass is 183 g/mol.